The first kappa shape index (κ1) is 15.3. The Kier molecular flexibility index (Phi) is 4.80. The van der Waals surface area contributed by atoms with Gasteiger partial charge in [-0.2, -0.15) is 13.2 Å². The van der Waals surface area contributed by atoms with Gasteiger partial charge >= 0.3 is 6.18 Å². The normalized spacial score (nSPS) is 11.3. The lowest BCUT2D eigenvalue weighted by atomic mass is 10.1. The SMILES string of the molecule is CCN(CC(F)(F)F)C(=O)c1ccc(C)c(OC)c1. The summed E-state index contributed by atoms with van der Waals surface area (Å²) in [6.07, 6.45) is -4.40. The molecule has 0 fully saturated rings. The van der Waals surface area contributed by atoms with Gasteiger partial charge in [0.05, 0.1) is 7.11 Å². The van der Waals surface area contributed by atoms with Crippen LogP contribution in [0.3, 0.4) is 0 Å². The molecular formula is C13H16F3NO2. The third-order valence-corrected chi connectivity index (χ3v) is 2.69. The summed E-state index contributed by atoms with van der Waals surface area (Å²) in [4.78, 5) is 12.8. The molecule has 106 valence electrons. The van der Waals surface area contributed by atoms with Crippen molar-refractivity contribution in [2.45, 2.75) is 20.0 Å². The van der Waals surface area contributed by atoms with Gasteiger partial charge in [-0.05, 0) is 31.5 Å². The molecule has 0 N–H and O–H groups in total. The summed E-state index contributed by atoms with van der Waals surface area (Å²) in [5.41, 5.74) is 1.01. The third-order valence-electron chi connectivity index (χ3n) is 2.69. The number of aryl methyl sites for hydroxylation is 1. The van der Waals surface area contributed by atoms with Crippen molar-refractivity contribution in [3.8, 4) is 5.75 Å². The van der Waals surface area contributed by atoms with E-state index in [2.05, 4.69) is 0 Å². The molecule has 1 rings (SSSR count). The number of nitrogens with zero attached hydrogens (tertiary/aromatic N) is 1. The fourth-order valence-corrected chi connectivity index (χ4v) is 1.68. The van der Waals surface area contributed by atoms with Crippen molar-refractivity contribution in [1.29, 1.82) is 0 Å². The second kappa shape index (κ2) is 5.95. The summed E-state index contributed by atoms with van der Waals surface area (Å²) >= 11 is 0. The fourth-order valence-electron chi connectivity index (χ4n) is 1.68. The van der Waals surface area contributed by atoms with Gasteiger partial charge in [0, 0.05) is 12.1 Å². The van der Waals surface area contributed by atoms with Crippen LogP contribution in [0.2, 0.25) is 0 Å². The van der Waals surface area contributed by atoms with Crippen LogP contribution in [0.1, 0.15) is 22.8 Å². The minimum absolute atomic E-state index is 0.00542. The number of carbonyl (C=O) groups excluding carboxylic acids is 1. The Morgan fingerprint density at radius 3 is 2.47 bits per heavy atom. The highest BCUT2D eigenvalue weighted by Gasteiger charge is 2.32. The first-order chi connectivity index (χ1) is 8.78. The van der Waals surface area contributed by atoms with Crippen LogP contribution in [0.15, 0.2) is 18.2 Å². The summed E-state index contributed by atoms with van der Waals surface area (Å²) in [6, 6.07) is 4.60. The topological polar surface area (TPSA) is 29.5 Å². The molecule has 0 radical (unpaired) electrons. The second-order valence-corrected chi connectivity index (χ2v) is 4.12. The molecule has 3 nitrogen and oxygen atoms in total. The molecule has 6 heteroatoms. The van der Waals surface area contributed by atoms with Gasteiger partial charge in [0.25, 0.3) is 5.91 Å². The molecule has 0 saturated carbocycles. The molecule has 0 bridgehead atoms. The Balaban J connectivity index is 2.97. The van der Waals surface area contributed by atoms with Gasteiger partial charge in [-0.25, -0.2) is 0 Å². The third kappa shape index (κ3) is 4.15. The van der Waals surface area contributed by atoms with Crippen LogP contribution in [0.5, 0.6) is 5.75 Å². The van der Waals surface area contributed by atoms with Gasteiger partial charge in [-0.3, -0.25) is 4.79 Å². The van der Waals surface area contributed by atoms with E-state index >= 15 is 0 Å². The largest absolute Gasteiger partial charge is 0.496 e. The van der Waals surface area contributed by atoms with Crippen molar-refractivity contribution in [3.05, 3.63) is 29.3 Å². The Morgan fingerprint density at radius 1 is 1.37 bits per heavy atom. The van der Waals surface area contributed by atoms with E-state index in [4.69, 9.17) is 4.74 Å². The molecule has 0 aliphatic heterocycles. The van der Waals surface area contributed by atoms with Gasteiger partial charge in [0.2, 0.25) is 0 Å². The van der Waals surface area contributed by atoms with Crippen LogP contribution < -0.4 is 4.74 Å². The standard InChI is InChI=1S/C13H16F3NO2/c1-4-17(8-13(14,15)16)12(18)10-6-5-9(2)11(7-10)19-3/h5-7H,4,8H2,1-3H3. The maximum Gasteiger partial charge on any atom is 0.406 e. The van der Waals surface area contributed by atoms with E-state index < -0.39 is 18.6 Å². The van der Waals surface area contributed by atoms with Crippen molar-refractivity contribution < 1.29 is 22.7 Å². The van der Waals surface area contributed by atoms with Crippen LogP contribution in [-0.2, 0) is 0 Å². The number of alkyl halides is 3. The molecule has 1 amide bonds. The van der Waals surface area contributed by atoms with Crippen LogP contribution in [0.25, 0.3) is 0 Å². The highest BCUT2D eigenvalue weighted by molar-refractivity contribution is 5.94. The summed E-state index contributed by atoms with van der Waals surface area (Å²) in [7, 11) is 1.45. The number of rotatable bonds is 4. The predicted octanol–water partition coefficient (Wildman–Crippen LogP) is 3.03. The molecule has 0 aliphatic carbocycles. The minimum Gasteiger partial charge on any atom is -0.496 e. The number of hydrogen-bond acceptors (Lipinski definition) is 2. The van der Waals surface area contributed by atoms with Gasteiger partial charge in [-0.15, -0.1) is 0 Å². The molecule has 0 spiro atoms. The summed E-state index contributed by atoms with van der Waals surface area (Å²) in [6.45, 7) is 2.04. The van der Waals surface area contributed by atoms with Gasteiger partial charge in [-0.1, -0.05) is 6.07 Å². The van der Waals surface area contributed by atoms with Crippen LogP contribution >= 0.6 is 0 Å². The van der Waals surface area contributed by atoms with E-state index in [9.17, 15) is 18.0 Å². The Labute approximate surface area is 110 Å². The zero-order valence-electron chi connectivity index (χ0n) is 11.0. The van der Waals surface area contributed by atoms with Crippen LogP contribution in [0, 0.1) is 6.92 Å². The lowest BCUT2D eigenvalue weighted by Gasteiger charge is -2.22. The quantitative estimate of drug-likeness (QED) is 0.845. The van der Waals surface area contributed by atoms with Crippen LogP contribution in [-0.4, -0.2) is 37.2 Å². The van der Waals surface area contributed by atoms with Crippen molar-refractivity contribution >= 4 is 5.91 Å². The predicted molar refractivity (Wildman–Crippen MR) is 65.4 cm³/mol. The molecule has 0 heterocycles. The Hall–Kier alpha value is -1.72. The molecule has 0 saturated heterocycles. The molecule has 19 heavy (non-hydrogen) atoms. The van der Waals surface area contributed by atoms with E-state index in [0.717, 1.165) is 10.5 Å². The maximum atomic E-state index is 12.4. The molecular weight excluding hydrogens is 259 g/mol. The maximum absolute atomic E-state index is 12.4. The molecule has 0 unspecified atom stereocenters. The number of hydrogen-bond donors (Lipinski definition) is 0. The lowest BCUT2D eigenvalue weighted by molar-refractivity contribution is -0.140. The number of ether oxygens (including phenoxy) is 1. The summed E-state index contributed by atoms with van der Waals surface area (Å²) in [5.74, 6) is -0.174. The second-order valence-electron chi connectivity index (χ2n) is 4.12. The Bertz CT molecular complexity index is 458. The zero-order chi connectivity index (χ0) is 14.6. The molecule has 0 aliphatic rings. The lowest BCUT2D eigenvalue weighted by Crippen LogP contribution is -2.38. The van der Waals surface area contributed by atoms with Crippen molar-refractivity contribution in [2.24, 2.45) is 0 Å². The molecule has 1 aromatic rings. The zero-order valence-corrected chi connectivity index (χ0v) is 11.0. The van der Waals surface area contributed by atoms with E-state index in [0.29, 0.717) is 5.75 Å². The molecule has 1 aromatic carbocycles. The van der Waals surface area contributed by atoms with Crippen molar-refractivity contribution in [3.63, 3.8) is 0 Å². The summed E-state index contributed by atoms with van der Waals surface area (Å²) in [5, 5.41) is 0. The monoisotopic (exact) mass is 275 g/mol. The molecule has 0 aromatic heterocycles. The molecule has 0 atom stereocenters. The number of benzene rings is 1. The highest BCUT2D eigenvalue weighted by Crippen LogP contribution is 2.22. The summed E-state index contributed by atoms with van der Waals surface area (Å²) < 4.78 is 42.1. The fraction of sp³-hybridized carbons (Fsp3) is 0.462. The highest BCUT2D eigenvalue weighted by atomic mass is 19.4. The van der Waals surface area contributed by atoms with Gasteiger partial charge in [0.1, 0.15) is 12.3 Å². The average molecular weight is 275 g/mol. The number of methoxy groups -OCH3 is 1. The van der Waals surface area contributed by atoms with E-state index in [1.54, 1.807) is 13.0 Å². The van der Waals surface area contributed by atoms with E-state index in [-0.39, 0.29) is 12.1 Å². The Morgan fingerprint density at radius 2 is 2.00 bits per heavy atom. The van der Waals surface area contributed by atoms with Crippen molar-refractivity contribution in [1.82, 2.24) is 4.90 Å². The van der Waals surface area contributed by atoms with Crippen molar-refractivity contribution in [2.75, 3.05) is 20.2 Å². The van der Waals surface area contributed by atoms with Crippen LogP contribution in [0.4, 0.5) is 13.2 Å². The smallest absolute Gasteiger partial charge is 0.406 e. The minimum atomic E-state index is -4.40. The first-order valence-electron chi connectivity index (χ1n) is 5.79. The average Bonchev–Trinajstić information content (AvgIpc) is 2.34. The first-order valence-corrected chi connectivity index (χ1v) is 5.79. The number of carbonyl (C=O) groups is 1. The number of halogens is 3. The van der Waals surface area contributed by atoms with E-state index in [1.165, 1.54) is 26.2 Å². The van der Waals surface area contributed by atoms with Gasteiger partial charge in [0.15, 0.2) is 0 Å². The number of amides is 1. The van der Waals surface area contributed by atoms with Gasteiger partial charge < -0.3 is 9.64 Å². The van der Waals surface area contributed by atoms with E-state index in [1.807, 2.05) is 0 Å².